The number of nitrogens with zero attached hydrogens (tertiary/aromatic N) is 2. The largest absolute Gasteiger partial charge is 0.497 e. The van der Waals surface area contributed by atoms with Gasteiger partial charge in [-0.2, -0.15) is 8.78 Å². The number of likely N-dealkylation sites (N-methyl/N-ethyl adjacent to an activating group) is 1. The lowest BCUT2D eigenvalue weighted by molar-refractivity contribution is -0.135. The molecule has 1 atom stereocenters. The summed E-state index contributed by atoms with van der Waals surface area (Å²) in [5.74, 6) is 0.373. The Morgan fingerprint density at radius 1 is 1.12 bits per heavy atom. The van der Waals surface area contributed by atoms with E-state index in [0.29, 0.717) is 38.3 Å². The Morgan fingerprint density at radius 2 is 1.82 bits per heavy atom. The van der Waals surface area contributed by atoms with Gasteiger partial charge < -0.3 is 24.0 Å². The number of likely N-dealkylation sites (tertiary alicyclic amines) is 1. The van der Waals surface area contributed by atoms with E-state index < -0.39 is 12.5 Å². The molecule has 0 aromatic heterocycles. The number of halogens is 2. The minimum absolute atomic E-state index is 0.0622. The molecule has 7 nitrogen and oxygen atoms in total. The Morgan fingerprint density at radius 3 is 2.52 bits per heavy atom. The average Bonchev–Trinajstić information content (AvgIpc) is 2.83. The monoisotopic (exact) mass is 462 g/mol. The highest BCUT2D eigenvalue weighted by atomic mass is 19.3. The summed E-state index contributed by atoms with van der Waals surface area (Å²) in [6, 6.07) is 13.1. The highest BCUT2D eigenvalue weighted by Gasteiger charge is 2.31. The van der Waals surface area contributed by atoms with Crippen LogP contribution in [0, 0.1) is 5.92 Å². The second kappa shape index (κ2) is 11.5. The van der Waals surface area contributed by atoms with Crippen LogP contribution in [0.1, 0.15) is 23.2 Å². The van der Waals surface area contributed by atoms with Crippen LogP contribution in [0.3, 0.4) is 0 Å². The molecular weight excluding hydrogens is 434 g/mol. The van der Waals surface area contributed by atoms with Gasteiger partial charge in [0.05, 0.1) is 25.1 Å². The van der Waals surface area contributed by atoms with Crippen molar-refractivity contribution >= 4 is 11.8 Å². The fraction of sp³-hybridized carbons (Fsp3) is 0.417. The number of hydrogen-bond donors (Lipinski definition) is 0. The van der Waals surface area contributed by atoms with Crippen LogP contribution in [-0.4, -0.2) is 68.6 Å². The first-order valence-corrected chi connectivity index (χ1v) is 10.7. The molecule has 9 heteroatoms. The molecule has 1 aliphatic rings. The zero-order valence-electron chi connectivity index (χ0n) is 18.7. The second-order valence-corrected chi connectivity index (χ2v) is 7.75. The third-order valence-corrected chi connectivity index (χ3v) is 5.52. The van der Waals surface area contributed by atoms with Crippen LogP contribution in [0.4, 0.5) is 8.78 Å². The first kappa shape index (κ1) is 24.3. The molecule has 3 rings (SSSR count). The van der Waals surface area contributed by atoms with Gasteiger partial charge in [0, 0.05) is 20.1 Å². The first-order valence-electron chi connectivity index (χ1n) is 10.7. The van der Waals surface area contributed by atoms with Crippen molar-refractivity contribution in [2.75, 3.05) is 40.4 Å². The van der Waals surface area contributed by atoms with Crippen LogP contribution in [-0.2, 0) is 4.79 Å². The number of methoxy groups -OCH3 is 1. The summed E-state index contributed by atoms with van der Waals surface area (Å²) in [7, 11) is 3.29. The zero-order chi connectivity index (χ0) is 23.8. The van der Waals surface area contributed by atoms with Crippen molar-refractivity contribution in [3.8, 4) is 17.2 Å². The van der Waals surface area contributed by atoms with E-state index in [1.807, 2.05) is 0 Å². The molecule has 0 saturated carbocycles. The number of ether oxygens (including phenoxy) is 3. The van der Waals surface area contributed by atoms with Gasteiger partial charge in [0.1, 0.15) is 23.9 Å². The van der Waals surface area contributed by atoms with Crippen molar-refractivity contribution in [2.24, 2.45) is 5.92 Å². The SMILES string of the molecule is COc1ccc(OCCN(C)C(=O)C2CCCN(C(=O)c3ccccc3OC(F)F)C2)cc1. The summed E-state index contributed by atoms with van der Waals surface area (Å²) in [4.78, 5) is 29.0. The lowest BCUT2D eigenvalue weighted by atomic mass is 9.96. The number of benzene rings is 2. The van der Waals surface area contributed by atoms with Crippen molar-refractivity contribution in [1.82, 2.24) is 9.80 Å². The number of amides is 2. The fourth-order valence-electron chi connectivity index (χ4n) is 3.77. The Hall–Kier alpha value is -3.36. The van der Waals surface area contributed by atoms with Crippen LogP contribution < -0.4 is 14.2 Å². The van der Waals surface area contributed by atoms with Gasteiger partial charge >= 0.3 is 6.61 Å². The van der Waals surface area contributed by atoms with Gasteiger partial charge in [-0.25, -0.2) is 0 Å². The van der Waals surface area contributed by atoms with E-state index >= 15 is 0 Å². The van der Waals surface area contributed by atoms with E-state index in [4.69, 9.17) is 9.47 Å². The fourth-order valence-corrected chi connectivity index (χ4v) is 3.77. The standard InChI is InChI=1S/C24H28F2N2O5/c1-27(14-15-32-19-11-9-18(31-2)10-12-19)22(29)17-6-5-13-28(16-17)23(30)20-7-3-4-8-21(20)33-24(25)26/h3-4,7-12,17,24H,5-6,13-16H2,1-2H3. The molecule has 33 heavy (non-hydrogen) atoms. The van der Waals surface area contributed by atoms with Gasteiger partial charge in [-0.15, -0.1) is 0 Å². The molecule has 2 aromatic rings. The zero-order valence-corrected chi connectivity index (χ0v) is 18.7. The van der Waals surface area contributed by atoms with E-state index in [1.54, 1.807) is 49.4 Å². The molecular formula is C24H28F2N2O5. The Kier molecular flexibility index (Phi) is 8.46. The van der Waals surface area contributed by atoms with Gasteiger partial charge in [0.25, 0.3) is 5.91 Å². The predicted molar refractivity (Wildman–Crippen MR) is 118 cm³/mol. The van der Waals surface area contributed by atoms with Gasteiger partial charge in [0.15, 0.2) is 0 Å². The highest BCUT2D eigenvalue weighted by molar-refractivity contribution is 5.97. The first-order chi connectivity index (χ1) is 15.9. The van der Waals surface area contributed by atoms with Gasteiger partial charge in [-0.3, -0.25) is 9.59 Å². The minimum atomic E-state index is -3.02. The summed E-state index contributed by atoms with van der Waals surface area (Å²) in [6.45, 7) is -1.63. The van der Waals surface area contributed by atoms with Crippen molar-refractivity contribution in [3.05, 3.63) is 54.1 Å². The average molecular weight is 462 g/mol. The number of para-hydroxylation sites is 1. The van der Waals surface area contributed by atoms with E-state index in [9.17, 15) is 18.4 Å². The Labute approximate surface area is 191 Å². The third kappa shape index (κ3) is 6.57. The number of alkyl halides is 2. The van der Waals surface area contributed by atoms with E-state index in [-0.39, 0.29) is 29.7 Å². The topological polar surface area (TPSA) is 68.3 Å². The van der Waals surface area contributed by atoms with Gasteiger partial charge in [-0.05, 0) is 49.2 Å². The Bertz CT molecular complexity index is 939. The maximum Gasteiger partial charge on any atom is 0.387 e. The smallest absolute Gasteiger partial charge is 0.387 e. The molecule has 1 heterocycles. The summed E-state index contributed by atoms with van der Waals surface area (Å²) < 4.78 is 40.7. The normalized spacial score (nSPS) is 15.8. The lowest BCUT2D eigenvalue weighted by Gasteiger charge is -2.34. The van der Waals surface area contributed by atoms with Crippen LogP contribution in [0.25, 0.3) is 0 Å². The summed E-state index contributed by atoms with van der Waals surface area (Å²) >= 11 is 0. The van der Waals surface area contributed by atoms with Crippen LogP contribution >= 0.6 is 0 Å². The maximum absolute atomic E-state index is 13.0. The molecule has 0 N–H and O–H groups in total. The molecule has 2 aromatic carbocycles. The number of hydrogen-bond acceptors (Lipinski definition) is 5. The summed E-state index contributed by atoms with van der Waals surface area (Å²) in [6.07, 6.45) is 1.30. The minimum Gasteiger partial charge on any atom is -0.497 e. The Balaban J connectivity index is 1.54. The molecule has 2 amide bonds. The molecule has 0 bridgehead atoms. The van der Waals surface area contributed by atoms with E-state index in [1.165, 1.54) is 23.1 Å². The molecule has 1 fully saturated rings. The van der Waals surface area contributed by atoms with Crippen molar-refractivity contribution in [3.63, 3.8) is 0 Å². The van der Waals surface area contributed by atoms with Gasteiger partial charge in [0.2, 0.25) is 5.91 Å². The maximum atomic E-state index is 13.0. The second-order valence-electron chi connectivity index (χ2n) is 7.75. The predicted octanol–water partition coefficient (Wildman–Crippen LogP) is 3.69. The van der Waals surface area contributed by atoms with Crippen LogP contribution in [0.2, 0.25) is 0 Å². The van der Waals surface area contributed by atoms with E-state index in [2.05, 4.69) is 4.74 Å². The lowest BCUT2D eigenvalue weighted by Crippen LogP contribution is -2.46. The van der Waals surface area contributed by atoms with E-state index in [0.717, 1.165) is 5.75 Å². The molecule has 1 unspecified atom stereocenters. The molecule has 1 aliphatic heterocycles. The van der Waals surface area contributed by atoms with Crippen molar-refractivity contribution < 1.29 is 32.6 Å². The van der Waals surface area contributed by atoms with Gasteiger partial charge in [-0.1, -0.05) is 12.1 Å². The molecule has 0 spiro atoms. The number of carbonyl (C=O) groups excluding carboxylic acids is 2. The van der Waals surface area contributed by atoms with Crippen molar-refractivity contribution in [2.45, 2.75) is 19.5 Å². The number of carbonyl (C=O) groups is 2. The summed E-state index contributed by atoms with van der Waals surface area (Å²) in [5.41, 5.74) is 0.0622. The van der Waals surface area contributed by atoms with Crippen LogP contribution in [0.5, 0.6) is 17.2 Å². The third-order valence-electron chi connectivity index (χ3n) is 5.52. The highest BCUT2D eigenvalue weighted by Crippen LogP contribution is 2.26. The number of rotatable bonds is 9. The molecule has 0 aliphatic carbocycles. The molecule has 0 radical (unpaired) electrons. The van der Waals surface area contributed by atoms with Crippen molar-refractivity contribution in [1.29, 1.82) is 0 Å². The molecule has 178 valence electrons. The molecule has 1 saturated heterocycles. The number of piperidine rings is 1. The van der Waals surface area contributed by atoms with Crippen LogP contribution in [0.15, 0.2) is 48.5 Å². The quantitative estimate of drug-likeness (QED) is 0.569. The summed E-state index contributed by atoms with van der Waals surface area (Å²) in [5, 5.41) is 0.